The van der Waals surface area contributed by atoms with Gasteiger partial charge in [-0.3, -0.25) is 0 Å². The van der Waals surface area contributed by atoms with Crippen LogP contribution >= 0.6 is 0 Å². The van der Waals surface area contributed by atoms with Gasteiger partial charge in [0.15, 0.2) is 0 Å². The van der Waals surface area contributed by atoms with E-state index in [9.17, 15) is 18.8 Å². The number of hydrogen-bond acceptors (Lipinski definition) is 6. The van der Waals surface area contributed by atoms with Crippen LogP contribution in [0.2, 0.25) is 0 Å². The SMILES string of the molecule is CC1(C)CC(OS(=O)(=O)OC2CC(C)(C)N([O])C(C)(C)C2)CC(C)(C)N1[O]. The third-order valence-corrected chi connectivity index (χ3v) is 6.63. The first-order valence-electron chi connectivity index (χ1n) is 9.44. The van der Waals surface area contributed by atoms with E-state index in [2.05, 4.69) is 0 Å². The maximum atomic E-state index is 12.5. The van der Waals surface area contributed by atoms with Crippen molar-refractivity contribution >= 4 is 10.4 Å². The highest BCUT2D eigenvalue weighted by atomic mass is 32.3. The molecule has 0 aromatic rings. The van der Waals surface area contributed by atoms with E-state index in [0.29, 0.717) is 25.7 Å². The zero-order valence-corrected chi connectivity index (χ0v) is 18.6. The smallest absolute Gasteiger partial charge is 0.245 e. The summed E-state index contributed by atoms with van der Waals surface area (Å²) in [5, 5.41) is 26.9. The van der Waals surface area contributed by atoms with Crippen LogP contribution in [0, 0.1) is 0 Å². The Bertz CT molecular complexity index is 573. The fourth-order valence-electron chi connectivity index (χ4n) is 4.84. The zero-order chi connectivity index (χ0) is 21.1. The van der Waals surface area contributed by atoms with E-state index < -0.39 is 44.8 Å². The monoisotopic (exact) mass is 406 g/mol. The fraction of sp³-hybridized carbons (Fsp3) is 1.00. The molecule has 2 rings (SSSR count). The van der Waals surface area contributed by atoms with Crippen molar-refractivity contribution in [3.63, 3.8) is 0 Å². The third-order valence-electron chi connectivity index (χ3n) is 5.62. The quantitative estimate of drug-likeness (QED) is 0.712. The zero-order valence-electron chi connectivity index (χ0n) is 17.7. The van der Waals surface area contributed by atoms with E-state index in [1.807, 2.05) is 0 Å². The van der Waals surface area contributed by atoms with Crippen molar-refractivity contribution in [2.45, 2.75) is 115 Å². The van der Waals surface area contributed by atoms with Crippen LogP contribution in [-0.2, 0) is 29.2 Å². The Morgan fingerprint density at radius 3 is 1.07 bits per heavy atom. The van der Waals surface area contributed by atoms with E-state index in [1.54, 1.807) is 55.4 Å². The summed E-state index contributed by atoms with van der Waals surface area (Å²) in [6.45, 7) is 14.2. The van der Waals surface area contributed by atoms with Crippen LogP contribution in [0.1, 0.15) is 81.1 Å². The van der Waals surface area contributed by atoms with Crippen LogP contribution in [0.5, 0.6) is 0 Å². The summed E-state index contributed by atoms with van der Waals surface area (Å²) in [5.41, 5.74) is -2.95. The lowest BCUT2D eigenvalue weighted by molar-refractivity contribution is -0.299. The maximum Gasteiger partial charge on any atom is 0.400 e. The van der Waals surface area contributed by atoms with Gasteiger partial charge >= 0.3 is 10.4 Å². The van der Waals surface area contributed by atoms with Gasteiger partial charge in [0.25, 0.3) is 0 Å². The average Bonchev–Trinajstić information content (AvgIpc) is 2.39. The second kappa shape index (κ2) is 6.90. The first kappa shape index (κ1) is 23.0. The standard InChI is InChI=1S/C18H34N2O6S/c1-15(2)9-13(10-16(3,4)19(15)21)25-27(23,24)26-14-11-17(5,6)20(22)18(7,8)12-14/h13-14H,9-12H2,1-8H3. The summed E-state index contributed by atoms with van der Waals surface area (Å²) in [7, 11) is -4.26. The molecular weight excluding hydrogens is 372 g/mol. The first-order chi connectivity index (χ1) is 11.9. The summed E-state index contributed by atoms with van der Waals surface area (Å²) in [6.07, 6.45) is -0.106. The number of hydroxylamine groups is 4. The Labute approximate surface area is 163 Å². The minimum absolute atomic E-state index is 0.290. The molecular formula is C18H34N2O6S. The second-order valence-electron chi connectivity index (χ2n) is 10.5. The molecule has 0 bridgehead atoms. The molecule has 2 heterocycles. The molecule has 2 radical (unpaired) electrons. The average molecular weight is 407 g/mol. The lowest BCUT2D eigenvalue weighted by Gasteiger charge is -2.50. The van der Waals surface area contributed by atoms with Crippen molar-refractivity contribution in [2.24, 2.45) is 0 Å². The molecule has 8 nitrogen and oxygen atoms in total. The van der Waals surface area contributed by atoms with E-state index in [-0.39, 0.29) is 0 Å². The maximum absolute atomic E-state index is 12.5. The van der Waals surface area contributed by atoms with Crippen LogP contribution in [0.3, 0.4) is 0 Å². The Morgan fingerprint density at radius 1 is 0.630 bits per heavy atom. The van der Waals surface area contributed by atoms with Gasteiger partial charge in [-0.25, -0.2) is 8.37 Å². The molecule has 2 aliphatic heterocycles. The number of rotatable bonds is 4. The summed E-state index contributed by atoms with van der Waals surface area (Å²) in [5.74, 6) is 0. The molecule has 2 fully saturated rings. The molecule has 0 atom stereocenters. The molecule has 0 unspecified atom stereocenters. The normalized spacial score (nSPS) is 29.7. The molecule has 0 aromatic heterocycles. The number of nitrogens with zero attached hydrogens (tertiary/aromatic N) is 2. The van der Waals surface area contributed by atoms with Crippen molar-refractivity contribution in [1.29, 1.82) is 0 Å². The van der Waals surface area contributed by atoms with Gasteiger partial charge in [-0.1, -0.05) is 0 Å². The van der Waals surface area contributed by atoms with E-state index in [4.69, 9.17) is 8.37 Å². The Balaban J connectivity index is 2.09. The van der Waals surface area contributed by atoms with Crippen LogP contribution in [0.15, 0.2) is 0 Å². The predicted octanol–water partition coefficient (Wildman–Crippen LogP) is 3.00. The van der Waals surface area contributed by atoms with Crippen LogP contribution in [0.25, 0.3) is 0 Å². The van der Waals surface area contributed by atoms with Crippen molar-refractivity contribution < 1.29 is 27.2 Å². The molecule has 0 amide bonds. The highest BCUT2D eigenvalue weighted by Crippen LogP contribution is 2.41. The Hall–Kier alpha value is -0.290. The minimum Gasteiger partial charge on any atom is -0.245 e. The number of piperidine rings is 2. The summed E-state index contributed by atoms with van der Waals surface area (Å²) in [4.78, 5) is 0. The Kier molecular flexibility index (Phi) is 5.87. The molecule has 0 saturated carbocycles. The van der Waals surface area contributed by atoms with Gasteiger partial charge in [0.1, 0.15) is 0 Å². The Morgan fingerprint density at radius 2 is 0.852 bits per heavy atom. The molecule has 27 heavy (non-hydrogen) atoms. The molecule has 158 valence electrons. The highest BCUT2D eigenvalue weighted by molar-refractivity contribution is 7.81. The molecule has 0 spiro atoms. The molecule has 0 N–H and O–H groups in total. The van der Waals surface area contributed by atoms with E-state index in [0.717, 1.165) is 10.1 Å². The van der Waals surface area contributed by atoms with Crippen molar-refractivity contribution in [1.82, 2.24) is 10.1 Å². The molecule has 2 aliphatic rings. The van der Waals surface area contributed by atoms with Gasteiger partial charge in [0, 0.05) is 22.2 Å². The summed E-state index contributed by atoms with van der Waals surface area (Å²) < 4.78 is 35.8. The van der Waals surface area contributed by atoms with Crippen molar-refractivity contribution in [3.8, 4) is 0 Å². The van der Waals surface area contributed by atoms with Crippen molar-refractivity contribution in [2.75, 3.05) is 0 Å². The van der Waals surface area contributed by atoms with E-state index >= 15 is 0 Å². The second-order valence-corrected chi connectivity index (χ2v) is 11.7. The third kappa shape index (κ3) is 5.01. The van der Waals surface area contributed by atoms with E-state index in [1.165, 1.54) is 0 Å². The lowest BCUT2D eigenvalue weighted by Crippen LogP contribution is -2.60. The van der Waals surface area contributed by atoms with Gasteiger partial charge in [-0.15, -0.1) is 20.5 Å². The largest absolute Gasteiger partial charge is 0.400 e. The summed E-state index contributed by atoms with van der Waals surface area (Å²) >= 11 is 0. The van der Waals surface area contributed by atoms with Crippen LogP contribution in [-0.4, -0.2) is 52.9 Å². The highest BCUT2D eigenvalue weighted by Gasteiger charge is 2.50. The minimum atomic E-state index is -4.26. The van der Waals surface area contributed by atoms with Gasteiger partial charge in [-0.05, 0) is 81.1 Å². The summed E-state index contributed by atoms with van der Waals surface area (Å²) in [6, 6.07) is 0. The van der Waals surface area contributed by atoms with Crippen LogP contribution in [0.4, 0.5) is 0 Å². The van der Waals surface area contributed by atoms with Gasteiger partial charge < -0.3 is 0 Å². The van der Waals surface area contributed by atoms with Gasteiger partial charge in [0.2, 0.25) is 0 Å². The molecule has 0 aromatic carbocycles. The topological polar surface area (TPSA) is 98.9 Å². The molecule has 2 saturated heterocycles. The fourth-order valence-corrected chi connectivity index (χ4v) is 5.82. The predicted molar refractivity (Wildman–Crippen MR) is 98.5 cm³/mol. The van der Waals surface area contributed by atoms with Gasteiger partial charge in [-0.2, -0.15) is 8.42 Å². The number of hydrogen-bond donors (Lipinski definition) is 0. The lowest BCUT2D eigenvalue weighted by atomic mass is 9.80. The van der Waals surface area contributed by atoms with Crippen molar-refractivity contribution in [3.05, 3.63) is 0 Å². The first-order valence-corrected chi connectivity index (χ1v) is 10.8. The van der Waals surface area contributed by atoms with Crippen LogP contribution < -0.4 is 0 Å². The van der Waals surface area contributed by atoms with Gasteiger partial charge in [0.05, 0.1) is 12.2 Å². The molecule has 9 heteroatoms. The molecule has 0 aliphatic carbocycles.